The number of carboxylic acids is 1. The quantitative estimate of drug-likeness (QED) is 0.495. The molecule has 17 heavy (non-hydrogen) atoms. The Bertz CT molecular complexity index is 293. The van der Waals surface area contributed by atoms with Gasteiger partial charge in [-0.2, -0.15) is 0 Å². The topological polar surface area (TPSA) is 40.5 Å². The van der Waals surface area contributed by atoms with Gasteiger partial charge in [0.05, 0.1) is 0 Å². The summed E-state index contributed by atoms with van der Waals surface area (Å²) in [5.74, 6) is -0.906. The molecule has 0 bridgehead atoms. The molecule has 0 amide bonds. The fourth-order valence-corrected chi connectivity index (χ4v) is 1.18. The lowest BCUT2D eigenvalue weighted by Gasteiger charge is -2.13. The van der Waals surface area contributed by atoms with Crippen molar-refractivity contribution in [3.05, 3.63) is 36.5 Å². The second-order valence-corrected chi connectivity index (χ2v) is 4.07. The number of unbranched alkanes of at least 4 members (excludes halogenated alkanes) is 1. The molecule has 0 radical (unpaired) electrons. The van der Waals surface area contributed by atoms with Crippen LogP contribution in [0.25, 0.3) is 0 Å². The molecule has 0 saturated carbocycles. The van der Waals surface area contributed by atoms with Crippen LogP contribution in [-0.2, 0) is 4.79 Å². The Kier molecular flexibility index (Phi) is 9.06. The van der Waals surface area contributed by atoms with Gasteiger partial charge >= 0.3 is 5.97 Å². The molecule has 0 aromatic rings. The van der Waals surface area contributed by atoms with Crippen molar-refractivity contribution in [2.24, 2.45) is 0 Å². The van der Waals surface area contributed by atoms with Crippen LogP contribution in [0.3, 0.4) is 0 Å². The number of hydrogen-bond acceptors (Lipinski definition) is 2. The molecule has 0 atom stereocenters. The summed E-state index contributed by atoms with van der Waals surface area (Å²) in [5.41, 5.74) is 0.267. The van der Waals surface area contributed by atoms with Gasteiger partial charge in [-0.1, -0.05) is 44.2 Å². The summed E-state index contributed by atoms with van der Waals surface area (Å²) in [4.78, 5) is 12.6. The van der Waals surface area contributed by atoms with E-state index in [1.165, 1.54) is 6.42 Å². The zero-order valence-corrected chi connectivity index (χ0v) is 10.9. The molecule has 0 aromatic heterocycles. The highest BCUT2D eigenvalue weighted by molar-refractivity contribution is 5.85. The standard InChI is InChI=1S/C14H23NO2/c1-4-5-6-7-8-9-11-15(3)12-10-13(2)14(16)17/h6-9H,2,4-5,10-12H2,1,3H3,(H,16,17)/b7-6+,9-8+. The molecule has 0 fully saturated rings. The maximum atomic E-state index is 10.5. The summed E-state index contributed by atoms with van der Waals surface area (Å²) >= 11 is 0. The second kappa shape index (κ2) is 9.85. The maximum absolute atomic E-state index is 10.5. The average molecular weight is 237 g/mol. The van der Waals surface area contributed by atoms with Gasteiger partial charge in [-0.15, -0.1) is 0 Å². The SMILES string of the molecule is C=C(CCN(C)C/C=C/C=C/CCC)C(=O)O. The first-order valence-corrected chi connectivity index (χ1v) is 5.99. The molecule has 0 unspecified atom stereocenters. The largest absolute Gasteiger partial charge is 0.478 e. The van der Waals surface area contributed by atoms with Crippen LogP contribution in [0, 0.1) is 0 Å². The molecule has 0 aliphatic heterocycles. The van der Waals surface area contributed by atoms with E-state index in [9.17, 15) is 4.79 Å². The Morgan fingerprint density at radius 1 is 1.35 bits per heavy atom. The first kappa shape index (κ1) is 15.7. The minimum Gasteiger partial charge on any atom is -0.478 e. The van der Waals surface area contributed by atoms with Gasteiger partial charge in [-0.25, -0.2) is 4.79 Å². The third-order valence-corrected chi connectivity index (χ3v) is 2.35. The van der Waals surface area contributed by atoms with Crippen LogP contribution >= 0.6 is 0 Å². The molecular weight excluding hydrogens is 214 g/mol. The van der Waals surface area contributed by atoms with Crippen LogP contribution in [-0.4, -0.2) is 36.1 Å². The molecule has 0 aliphatic carbocycles. The molecular formula is C14H23NO2. The van der Waals surface area contributed by atoms with Crippen LogP contribution in [0.5, 0.6) is 0 Å². The Balaban J connectivity index is 3.69. The number of aliphatic carboxylic acids is 1. The Morgan fingerprint density at radius 3 is 2.59 bits per heavy atom. The number of allylic oxidation sites excluding steroid dienone is 3. The van der Waals surface area contributed by atoms with E-state index in [4.69, 9.17) is 5.11 Å². The second-order valence-electron chi connectivity index (χ2n) is 4.07. The zero-order chi connectivity index (χ0) is 13.1. The first-order valence-electron chi connectivity index (χ1n) is 5.99. The van der Waals surface area contributed by atoms with E-state index in [1.807, 2.05) is 19.2 Å². The lowest BCUT2D eigenvalue weighted by Crippen LogP contribution is -2.20. The van der Waals surface area contributed by atoms with Gasteiger partial charge in [0.2, 0.25) is 0 Å². The van der Waals surface area contributed by atoms with E-state index in [2.05, 4.69) is 30.6 Å². The van der Waals surface area contributed by atoms with Crippen LogP contribution < -0.4 is 0 Å². The van der Waals surface area contributed by atoms with E-state index in [-0.39, 0.29) is 5.57 Å². The Morgan fingerprint density at radius 2 is 2.00 bits per heavy atom. The van der Waals surface area contributed by atoms with Gasteiger partial charge in [0.15, 0.2) is 0 Å². The van der Waals surface area contributed by atoms with Crippen molar-refractivity contribution in [2.75, 3.05) is 20.1 Å². The highest BCUT2D eigenvalue weighted by Gasteiger charge is 2.04. The molecule has 0 spiro atoms. The van der Waals surface area contributed by atoms with Crippen LogP contribution in [0.15, 0.2) is 36.5 Å². The summed E-state index contributed by atoms with van der Waals surface area (Å²) in [7, 11) is 1.97. The molecule has 0 rings (SSSR count). The van der Waals surface area contributed by atoms with Gasteiger partial charge in [0.25, 0.3) is 0 Å². The van der Waals surface area contributed by atoms with Crippen LogP contribution in [0.2, 0.25) is 0 Å². The molecule has 96 valence electrons. The van der Waals surface area contributed by atoms with Gasteiger partial charge in [0.1, 0.15) is 0 Å². The van der Waals surface area contributed by atoms with E-state index in [0.717, 1.165) is 13.0 Å². The Hall–Kier alpha value is -1.35. The highest BCUT2D eigenvalue weighted by atomic mass is 16.4. The predicted molar refractivity (Wildman–Crippen MR) is 72.1 cm³/mol. The zero-order valence-electron chi connectivity index (χ0n) is 10.9. The molecule has 0 aromatic carbocycles. The van der Waals surface area contributed by atoms with Crippen molar-refractivity contribution in [2.45, 2.75) is 26.2 Å². The summed E-state index contributed by atoms with van der Waals surface area (Å²) in [5, 5.41) is 8.65. The predicted octanol–water partition coefficient (Wildman–Crippen LogP) is 2.86. The normalized spacial score (nSPS) is 11.7. The van der Waals surface area contributed by atoms with Crippen LogP contribution in [0.4, 0.5) is 0 Å². The lowest BCUT2D eigenvalue weighted by atomic mass is 10.2. The number of likely N-dealkylation sites (N-methyl/N-ethyl adjacent to an activating group) is 1. The van der Waals surface area contributed by atoms with Gasteiger partial charge in [-0.05, 0) is 19.9 Å². The van der Waals surface area contributed by atoms with Crippen molar-refractivity contribution in [1.29, 1.82) is 0 Å². The first-order chi connectivity index (χ1) is 8.07. The number of rotatable bonds is 9. The molecule has 0 heterocycles. The lowest BCUT2D eigenvalue weighted by molar-refractivity contribution is -0.132. The van der Waals surface area contributed by atoms with Crippen molar-refractivity contribution >= 4 is 5.97 Å². The molecule has 1 N–H and O–H groups in total. The summed E-state index contributed by atoms with van der Waals surface area (Å²) in [6.07, 6.45) is 11.1. The van der Waals surface area contributed by atoms with Crippen molar-refractivity contribution < 1.29 is 9.90 Å². The third kappa shape index (κ3) is 9.57. The molecule has 3 heteroatoms. The van der Waals surface area contributed by atoms with E-state index in [0.29, 0.717) is 13.0 Å². The summed E-state index contributed by atoms with van der Waals surface area (Å²) in [6, 6.07) is 0. The third-order valence-electron chi connectivity index (χ3n) is 2.35. The smallest absolute Gasteiger partial charge is 0.331 e. The number of hydrogen-bond donors (Lipinski definition) is 1. The van der Waals surface area contributed by atoms with Gasteiger partial charge < -0.3 is 10.0 Å². The van der Waals surface area contributed by atoms with Crippen molar-refractivity contribution in [1.82, 2.24) is 4.90 Å². The van der Waals surface area contributed by atoms with E-state index < -0.39 is 5.97 Å². The van der Waals surface area contributed by atoms with Gasteiger partial charge in [-0.3, -0.25) is 0 Å². The number of carboxylic acid groups (broad SMARTS) is 1. The van der Waals surface area contributed by atoms with Crippen molar-refractivity contribution in [3.63, 3.8) is 0 Å². The molecule has 0 saturated heterocycles. The fourth-order valence-electron chi connectivity index (χ4n) is 1.18. The van der Waals surface area contributed by atoms with E-state index >= 15 is 0 Å². The Labute approximate surface area is 104 Å². The number of carbonyl (C=O) groups is 1. The van der Waals surface area contributed by atoms with Gasteiger partial charge in [0, 0.05) is 18.7 Å². The van der Waals surface area contributed by atoms with Crippen LogP contribution in [0.1, 0.15) is 26.2 Å². The molecule has 0 aliphatic rings. The summed E-state index contributed by atoms with van der Waals surface area (Å²) in [6.45, 7) is 7.19. The average Bonchev–Trinajstić information content (AvgIpc) is 2.30. The highest BCUT2D eigenvalue weighted by Crippen LogP contribution is 1.99. The molecule has 3 nitrogen and oxygen atoms in total. The number of nitrogens with zero attached hydrogens (tertiary/aromatic N) is 1. The monoisotopic (exact) mass is 237 g/mol. The fraction of sp³-hybridized carbons (Fsp3) is 0.500. The van der Waals surface area contributed by atoms with Crippen molar-refractivity contribution in [3.8, 4) is 0 Å². The maximum Gasteiger partial charge on any atom is 0.331 e. The minimum absolute atomic E-state index is 0.267. The van der Waals surface area contributed by atoms with E-state index in [1.54, 1.807) is 0 Å². The summed E-state index contributed by atoms with van der Waals surface area (Å²) < 4.78 is 0. The minimum atomic E-state index is -0.906.